The molecule has 0 aliphatic carbocycles. The molecule has 19 nitrogen and oxygen atoms in total. The van der Waals surface area contributed by atoms with E-state index in [2.05, 4.69) is 60.2 Å². The minimum Gasteiger partial charge on any atom is -0.870 e. The second kappa shape index (κ2) is 84.3. The number of esters is 4. The Hall–Kier alpha value is -3.72. The third kappa shape index (κ3) is 79.6. The fourth-order valence-electron chi connectivity index (χ4n) is 7.06. The van der Waals surface area contributed by atoms with Crippen molar-refractivity contribution in [3.63, 3.8) is 0 Å². The van der Waals surface area contributed by atoms with E-state index in [1.54, 1.807) is 50.0 Å². The Morgan fingerprint density at radius 2 is 0.867 bits per heavy atom. The summed E-state index contributed by atoms with van der Waals surface area (Å²) in [6.45, 7) is 38.9. The van der Waals surface area contributed by atoms with Crippen molar-refractivity contribution in [1.29, 1.82) is 1.34 Å². The first kappa shape index (κ1) is 128. The number of rotatable bonds is 25. The number of carboxylic acid groups (broad SMARTS) is 2. The Kier molecular flexibility index (Phi) is 103. The van der Waals surface area contributed by atoms with Crippen LogP contribution in [-0.4, -0.2) is 132 Å². The molecule has 0 aromatic heterocycles. The standard InChI is InChI=1S/C22H21O2P.C11H20O3.C11H18O2.2C9H14O2.C8H14O2.C4H8O.C3H6O.CH3ClO2S.BH.3Na.2H2O.U/c1-2-24-22(23)18-25(19-12-6-3-7-13-19,20-14-8-4-9-15-20)21-16-10-5-11-17-21;1-5-10(12)9(7-8(3)4)11(13)14-6-2;1-5-7-10(8-9(3)4)11(12)13-6-2;2*1-4-5-8(9(10)11)6-7(2)3;1-4-10-8(9)6-5-7(2)3;1-4(2)3-5;1-2-3-4;1-5(2,3)4;;;;;;;/h3-18H,2H2,1H3;7,9-10,12H,5-6H2,1-4H3;7-8H,5-6H2,1-4H3;2*5-6H,4H2,1-3H3,(H,10,11);5-7H,4H2,1-3H3;3-4H,1-2H3;3H,2H2,1H3;1H3;1H;;;;2*1H2;/q;;;;;;;;;;3*+1;;;/p-3/b;;10-7+;2*8-5+;6-5+;;;;;;;;;;/i;;;;;;;;;1D;;;;;;. The molecule has 105 heavy (non-hydrogen) atoms. The number of aliphatic carboxylic acids is 2. The fraction of sp³-hybridized carbons (Fsp3) is 0.449. The summed E-state index contributed by atoms with van der Waals surface area (Å²) in [6, 6.07) is 30.7. The summed E-state index contributed by atoms with van der Waals surface area (Å²) in [5, 5.41) is 32.1. The molecular weight excluding hydrogens is 1660 g/mol. The molecule has 2 unspecified atom stereocenters. The summed E-state index contributed by atoms with van der Waals surface area (Å²) in [5.74, 6) is -1.17. The molecule has 2 radical (unpaired) electrons. The molecule has 4 N–H and O–H groups in total. The van der Waals surface area contributed by atoms with Gasteiger partial charge in [-0.15, -0.1) is 0 Å². The summed E-state index contributed by atoms with van der Waals surface area (Å²) >= 11 is 0. The molecule has 0 amide bonds. The van der Waals surface area contributed by atoms with Crippen LogP contribution in [0.1, 0.15) is 178 Å². The van der Waals surface area contributed by atoms with Gasteiger partial charge in [-0.3, -0.25) is 4.79 Å². The summed E-state index contributed by atoms with van der Waals surface area (Å²) < 4.78 is 43.8. The van der Waals surface area contributed by atoms with E-state index < -0.39 is 39.9 Å². The molecule has 0 heterocycles. The summed E-state index contributed by atoms with van der Waals surface area (Å²) in [7, 11) is 5.06. The molecule has 0 bridgehead atoms. The van der Waals surface area contributed by atoms with E-state index in [9.17, 15) is 57.0 Å². The maximum absolute atomic E-state index is 12.5. The van der Waals surface area contributed by atoms with Crippen molar-refractivity contribution in [2.75, 3.05) is 32.7 Å². The number of ether oxygens (including phenoxy) is 4. The van der Waals surface area contributed by atoms with Gasteiger partial charge < -0.3 is 59.6 Å². The van der Waals surface area contributed by atoms with Crippen LogP contribution in [0.3, 0.4) is 0 Å². The molecule has 0 fully saturated rings. The van der Waals surface area contributed by atoms with Gasteiger partial charge in [0.25, 0.3) is 0 Å². The average molecular weight is 1780 g/mol. The van der Waals surface area contributed by atoms with Gasteiger partial charge in [0.15, 0.2) is 0 Å². The van der Waals surface area contributed by atoms with Crippen LogP contribution < -0.4 is 110 Å². The second-order valence-corrected chi connectivity index (χ2v) is 28.6. The Morgan fingerprint density at radius 3 is 1.13 bits per heavy atom. The molecule has 3 rings (SSSR count). The van der Waals surface area contributed by atoms with Gasteiger partial charge >= 0.3 is 119 Å². The predicted octanol–water partition coefficient (Wildman–Crippen LogP) is 4.91. The molecule has 3 aromatic carbocycles. The zero-order valence-electron chi connectivity index (χ0n) is 68.5. The van der Waals surface area contributed by atoms with Gasteiger partial charge in [-0.25, -0.2) is 27.6 Å². The van der Waals surface area contributed by atoms with Gasteiger partial charge in [-0.05, 0) is 157 Å². The average Bonchev–Trinajstić information content (AvgIpc) is 0.757. The first-order valence-corrected chi connectivity index (χ1v) is 37.4. The van der Waals surface area contributed by atoms with Gasteiger partial charge in [0.2, 0.25) is 9.05 Å². The molecule has 27 heteroatoms. The van der Waals surface area contributed by atoms with Crippen molar-refractivity contribution < 1.29 is 212 Å². The topological polar surface area (TPSA) is 331 Å². The van der Waals surface area contributed by atoms with Gasteiger partial charge in [0.1, 0.15) is 18.5 Å². The summed E-state index contributed by atoms with van der Waals surface area (Å²) in [5.41, 5.74) is 5.40. The van der Waals surface area contributed by atoms with Crippen LogP contribution in [0.25, 0.3) is 0 Å². The molecule has 0 aliphatic heterocycles. The van der Waals surface area contributed by atoms with Crippen molar-refractivity contribution in [1.82, 2.24) is 0 Å². The SMILES string of the molecule is CC(C)C=O.CC/C=C(\C=C(C)C)C(=O)O.CC/C=C(\C=C(C)C)C(=O)OCC.CC/C=C(\C=C(C)C)C(=O)[O-].CCC=O.CCOC(=O)/C=C/C(C)C.CCOC(=O)C(C=C(C)C)C(O)CC.CCOC(=O)C=P(c1ccccc1)(c1ccccc1)c1ccccc1.CS(=O)(=O)Cl.[2H][B].[Na+].[Na+].[Na+].[OH-].[OH-].[U]. The zero-order chi connectivity index (χ0) is 78.8. The molecule has 2 atom stereocenters. The quantitative estimate of drug-likeness (QED) is 0.0131. The third-order valence-electron chi connectivity index (χ3n) is 10.9. The Balaban J connectivity index is -0.0000000868. The molecule has 0 aliphatic rings. The number of aliphatic hydroxyl groups is 1. The molecular formula is C78H120BClNa3O19PSU. The summed E-state index contributed by atoms with van der Waals surface area (Å²) in [4.78, 5) is 85.5. The van der Waals surface area contributed by atoms with Crippen molar-refractivity contribution in [2.45, 2.75) is 184 Å². The van der Waals surface area contributed by atoms with Crippen molar-refractivity contribution >= 4 is 105 Å². The van der Waals surface area contributed by atoms with Crippen LogP contribution in [0.2, 0.25) is 0 Å². The number of hydrogen-bond donors (Lipinski definition) is 2. The molecule has 574 valence electrons. The number of aliphatic hydroxyl groups excluding tert-OH is 1. The molecule has 3 aromatic rings. The Labute approximate surface area is 729 Å². The number of carbonyl (C=O) groups excluding carboxylic acids is 7. The van der Waals surface area contributed by atoms with Crippen LogP contribution in [0.4, 0.5) is 0 Å². The minimum atomic E-state index is -3.19. The van der Waals surface area contributed by atoms with E-state index in [1.807, 2.05) is 204 Å². The predicted molar refractivity (Wildman–Crippen MR) is 416 cm³/mol. The third-order valence-corrected chi connectivity index (χ3v) is 14.9. The second-order valence-electron chi connectivity index (χ2n) is 22.3. The van der Waals surface area contributed by atoms with Crippen molar-refractivity contribution in [2.24, 2.45) is 17.8 Å². The number of aldehydes is 2. The van der Waals surface area contributed by atoms with Crippen molar-refractivity contribution in [3.05, 3.63) is 185 Å². The smallest absolute Gasteiger partial charge is 0.870 e. The normalized spacial score (nSPS) is 10.5. The number of carbonyl (C=O) groups is 8. The zero-order valence-corrected chi connectivity index (χ0v) is 80.1. The molecule has 0 saturated heterocycles. The number of hydrogen-bond acceptors (Lipinski definition) is 18. The van der Waals surface area contributed by atoms with Gasteiger partial charge in [-0.1, -0.05) is 212 Å². The number of carboxylic acids is 2. The van der Waals surface area contributed by atoms with Gasteiger partial charge in [0, 0.05) is 74.4 Å². The van der Waals surface area contributed by atoms with Crippen LogP contribution in [0.5, 0.6) is 0 Å². The summed E-state index contributed by atoms with van der Waals surface area (Å²) in [6.07, 6.45) is 21.0. The van der Waals surface area contributed by atoms with E-state index in [1.165, 1.54) is 6.08 Å². The van der Waals surface area contributed by atoms with E-state index >= 15 is 0 Å². The van der Waals surface area contributed by atoms with Crippen molar-refractivity contribution in [3.8, 4) is 0 Å². The largest absolute Gasteiger partial charge is 1.00 e. The first-order chi connectivity index (χ1) is 46.9. The Morgan fingerprint density at radius 1 is 0.552 bits per heavy atom. The maximum Gasteiger partial charge on any atom is 1.00 e. The van der Waals surface area contributed by atoms with Crippen LogP contribution in [0.15, 0.2) is 185 Å². The monoisotopic (exact) mass is 1780 g/mol. The van der Waals surface area contributed by atoms with Crippen LogP contribution in [-0.2, 0) is 66.4 Å². The first-order valence-electron chi connectivity index (χ1n) is 33.4. The minimum absolute atomic E-state index is 0. The van der Waals surface area contributed by atoms with E-state index in [4.69, 9.17) is 20.7 Å². The number of benzene rings is 3. The molecule has 0 saturated carbocycles. The van der Waals surface area contributed by atoms with Gasteiger partial charge in [0.05, 0.1) is 55.9 Å². The van der Waals surface area contributed by atoms with Crippen LogP contribution >= 0.6 is 17.6 Å². The Bertz CT molecular complexity index is 3030. The fourth-order valence-corrected chi connectivity index (χ4v) is 10.7. The molecule has 0 spiro atoms. The number of halogens is 1. The number of allylic oxidation sites excluding steroid dienone is 8. The van der Waals surface area contributed by atoms with Gasteiger partial charge in [-0.2, -0.15) is 0 Å². The van der Waals surface area contributed by atoms with E-state index in [-0.39, 0.29) is 166 Å². The maximum atomic E-state index is 12.5. The van der Waals surface area contributed by atoms with Crippen LogP contribution in [0, 0.1) is 48.9 Å². The van der Waals surface area contributed by atoms with E-state index in [0.717, 1.165) is 69.9 Å². The van der Waals surface area contributed by atoms with E-state index in [0.29, 0.717) is 62.8 Å².